The number of hydrogen-bond donors (Lipinski definition) is 2. The average Bonchev–Trinajstić information content (AvgIpc) is 3.19. The van der Waals surface area contributed by atoms with Crippen LogP contribution in [-0.4, -0.2) is 21.5 Å². The summed E-state index contributed by atoms with van der Waals surface area (Å²) in [6, 6.07) is 14.6. The van der Waals surface area contributed by atoms with Crippen molar-refractivity contribution in [1.29, 1.82) is 0 Å². The first kappa shape index (κ1) is 16.4. The molecule has 1 amide bonds. The summed E-state index contributed by atoms with van der Waals surface area (Å²) in [5.74, 6) is -0.385. The minimum Gasteiger partial charge on any atom is -0.361 e. The zero-order valence-electron chi connectivity index (χ0n) is 14.5. The Hall–Kier alpha value is -3.08. The topological polar surface area (TPSA) is 49.8 Å². The Kier molecular flexibility index (Phi) is 4.21. The number of para-hydroxylation sites is 1. The van der Waals surface area contributed by atoms with E-state index in [2.05, 4.69) is 16.4 Å². The number of carbonyl (C=O) groups is 1. The molecule has 2 aromatic carbocycles. The van der Waals surface area contributed by atoms with Gasteiger partial charge >= 0.3 is 0 Å². The highest BCUT2D eigenvalue weighted by Crippen LogP contribution is 2.19. The molecule has 0 spiro atoms. The lowest BCUT2D eigenvalue weighted by atomic mass is 10.1. The van der Waals surface area contributed by atoms with Gasteiger partial charge in [0, 0.05) is 29.3 Å². The molecule has 26 heavy (non-hydrogen) atoms. The van der Waals surface area contributed by atoms with Crippen LogP contribution >= 0.6 is 0 Å². The summed E-state index contributed by atoms with van der Waals surface area (Å²) in [6.07, 6.45) is 4.56. The van der Waals surface area contributed by atoms with Crippen molar-refractivity contribution in [1.82, 2.24) is 14.9 Å². The number of benzene rings is 2. The number of carbonyl (C=O) groups excluding carboxylic acids is 1. The predicted octanol–water partition coefficient (Wildman–Crippen LogP) is 4.01. The van der Waals surface area contributed by atoms with E-state index in [1.807, 2.05) is 43.6 Å². The van der Waals surface area contributed by atoms with E-state index in [9.17, 15) is 9.18 Å². The van der Waals surface area contributed by atoms with Gasteiger partial charge in [-0.3, -0.25) is 4.79 Å². The number of nitrogens with one attached hydrogen (secondary N) is 2. The third-order valence-electron chi connectivity index (χ3n) is 4.66. The van der Waals surface area contributed by atoms with Gasteiger partial charge in [-0.05, 0) is 54.6 Å². The molecule has 5 heteroatoms. The Morgan fingerprint density at radius 1 is 1.23 bits per heavy atom. The molecule has 0 saturated carbocycles. The number of aromatic amines is 1. The Bertz CT molecular complexity index is 1080. The molecule has 2 N–H and O–H groups in total. The highest BCUT2D eigenvalue weighted by Gasteiger charge is 2.12. The van der Waals surface area contributed by atoms with Gasteiger partial charge in [-0.15, -0.1) is 0 Å². The van der Waals surface area contributed by atoms with Gasteiger partial charge in [0.25, 0.3) is 0 Å². The van der Waals surface area contributed by atoms with E-state index < -0.39 is 0 Å². The molecule has 0 aliphatic rings. The first-order valence-electron chi connectivity index (χ1n) is 8.69. The summed E-state index contributed by atoms with van der Waals surface area (Å²) in [4.78, 5) is 15.7. The maximum absolute atomic E-state index is 13.5. The average molecular weight is 349 g/mol. The van der Waals surface area contributed by atoms with E-state index in [1.165, 1.54) is 23.1 Å². The molecular weight excluding hydrogens is 329 g/mol. The van der Waals surface area contributed by atoms with Crippen molar-refractivity contribution in [2.45, 2.75) is 25.9 Å². The van der Waals surface area contributed by atoms with Crippen LogP contribution < -0.4 is 5.32 Å². The second kappa shape index (κ2) is 6.67. The van der Waals surface area contributed by atoms with Gasteiger partial charge in [-0.25, -0.2) is 4.39 Å². The molecule has 0 radical (unpaired) electrons. The summed E-state index contributed by atoms with van der Waals surface area (Å²) < 4.78 is 15.2. The maximum atomic E-state index is 13.5. The first-order chi connectivity index (χ1) is 12.6. The first-order valence-corrected chi connectivity index (χ1v) is 8.69. The second-order valence-electron chi connectivity index (χ2n) is 6.68. The minimum absolute atomic E-state index is 0.000249. The fraction of sp³-hybridized carbons (Fsp3) is 0.190. The summed E-state index contributed by atoms with van der Waals surface area (Å²) >= 11 is 0. The van der Waals surface area contributed by atoms with Crippen LogP contribution in [0.25, 0.3) is 21.8 Å². The van der Waals surface area contributed by atoms with Crippen LogP contribution in [0.2, 0.25) is 0 Å². The van der Waals surface area contributed by atoms with Gasteiger partial charge in [0.05, 0.1) is 5.52 Å². The summed E-state index contributed by atoms with van der Waals surface area (Å²) in [7, 11) is 0. The maximum Gasteiger partial charge on any atom is 0.240 e. The molecule has 132 valence electrons. The Labute approximate surface area is 150 Å². The second-order valence-corrected chi connectivity index (χ2v) is 6.68. The van der Waals surface area contributed by atoms with E-state index >= 15 is 0 Å². The van der Waals surface area contributed by atoms with Gasteiger partial charge in [-0.2, -0.15) is 0 Å². The Balaban J connectivity index is 1.43. The molecular formula is C21H20FN3O. The zero-order valence-corrected chi connectivity index (χ0v) is 14.5. The van der Waals surface area contributed by atoms with Gasteiger partial charge in [0.2, 0.25) is 5.91 Å². The van der Waals surface area contributed by atoms with Gasteiger partial charge in [0.15, 0.2) is 0 Å². The van der Waals surface area contributed by atoms with Crippen molar-refractivity contribution in [3.63, 3.8) is 0 Å². The van der Waals surface area contributed by atoms with Crippen LogP contribution in [0.3, 0.4) is 0 Å². The number of nitrogens with zero attached hydrogens (tertiary/aromatic N) is 1. The Morgan fingerprint density at radius 2 is 2.08 bits per heavy atom. The van der Waals surface area contributed by atoms with Crippen LogP contribution in [0.4, 0.5) is 4.39 Å². The fourth-order valence-electron chi connectivity index (χ4n) is 3.45. The SMILES string of the molecule is CC(Cc1c[nH]c2ccccc12)NC(=O)Cn1ccc2ccc(F)cc21. The van der Waals surface area contributed by atoms with Crippen LogP contribution in [-0.2, 0) is 17.8 Å². The lowest BCUT2D eigenvalue weighted by Crippen LogP contribution is -2.36. The molecule has 0 fully saturated rings. The van der Waals surface area contributed by atoms with Crippen molar-refractivity contribution in [3.05, 3.63) is 72.3 Å². The molecule has 4 aromatic rings. The summed E-state index contributed by atoms with van der Waals surface area (Å²) in [6.45, 7) is 2.16. The molecule has 0 aliphatic carbocycles. The standard InChI is InChI=1S/C21H20FN3O/c1-14(10-16-12-23-19-5-3-2-4-18(16)19)24-21(26)13-25-9-8-15-6-7-17(22)11-20(15)25/h2-9,11-12,14,23H,10,13H2,1H3,(H,24,26). The quantitative estimate of drug-likeness (QED) is 0.562. The zero-order chi connectivity index (χ0) is 18.1. The monoisotopic (exact) mass is 349 g/mol. The van der Waals surface area contributed by atoms with E-state index in [4.69, 9.17) is 0 Å². The third-order valence-corrected chi connectivity index (χ3v) is 4.66. The number of rotatable bonds is 5. The van der Waals surface area contributed by atoms with Crippen molar-refractivity contribution in [2.75, 3.05) is 0 Å². The number of amides is 1. The normalized spacial score (nSPS) is 12.5. The van der Waals surface area contributed by atoms with Gasteiger partial charge < -0.3 is 14.9 Å². The lowest BCUT2D eigenvalue weighted by molar-refractivity contribution is -0.122. The number of fused-ring (bicyclic) bond motifs is 2. The van der Waals surface area contributed by atoms with E-state index in [-0.39, 0.29) is 24.3 Å². The molecule has 1 atom stereocenters. The van der Waals surface area contributed by atoms with Crippen molar-refractivity contribution >= 4 is 27.7 Å². The molecule has 0 aliphatic heterocycles. The molecule has 2 aromatic heterocycles. The number of H-pyrrole nitrogens is 1. The van der Waals surface area contributed by atoms with Gasteiger partial charge in [0.1, 0.15) is 12.4 Å². The van der Waals surface area contributed by atoms with Crippen LogP contribution in [0.1, 0.15) is 12.5 Å². The number of aromatic nitrogens is 2. The highest BCUT2D eigenvalue weighted by molar-refractivity contribution is 5.84. The third kappa shape index (κ3) is 3.20. The van der Waals surface area contributed by atoms with E-state index in [1.54, 1.807) is 10.6 Å². The summed E-state index contributed by atoms with van der Waals surface area (Å²) in [5.41, 5.74) is 3.01. The minimum atomic E-state index is -0.300. The molecule has 1 unspecified atom stereocenters. The Morgan fingerprint density at radius 3 is 2.96 bits per heavy atom. The predicted molar refractivity (Wildman–Crippen MR) is 102 cm³/mol. The van der Waals surface area contributed by atoms with Crippen LogP contribution in [0.5, 0.6) is 0 Å². The van der Waals surface area contributed by atoms with Crippen molar-refractivity contribution in [3.8, 4) is 0 Å². The van der Waals surface area contributed by atoms with Crippen LogP contribution in [0.15, 0.2) is 60.9 Å². The molecule has 0 saturated heterocycles. The molecule has 2 heterocycles. The lowest BCUT2D eigenvalue weighted by Gasteiger charge is -2.14. The van der Waals surface area contributed by atoms with E-state index in [0.717, 1.165) is 22.8 Å². The van der Waals surface area contributed by atoms with Gasteiger partial charge in [-0.1, -0.05) is 18.2 Å². The fourth-order valence-corrected chi connectivity index (χ4v) is 3.45. The van der Waals surface area contributed by atoms with Crippen molar-refractivity contribution < 1.29 is 9.18 Å². The molecule has 4 rings (SSSR count). The van der Waals surface area contributed by atoms with E-state index in [0.29, 0.717) is 0 Å². The molecule has 4 nitrogen and oxygen atoms in total. The summed E-state index contributed by atoms with van der Waals surface area (Å²) in [5, 5.41) is 5.14. The number of halogens is 1. The molecule has 0 bridgehead atoms. The highest BCUT2D eigenvalue weighted by atomic mass is 19.1. The van der Waals surface area contributed by atoms with Crippen LogP contribution in [0, 0.1) is 5.82 Å². The number of hydrogen-bond acceptors (Lipinski definition) is 1. The van der Waals surface area contributed by atoms with Crippen molar-refractivity contribution in [2.24, 2.45) is 0 Å². The smallest absolute Gasteiger partial charge is 0.240 e. The largest absolute Gasteiger partial charge is 0.361 e.